The summed E-state index contributed by atoms with van der Waals surface area (Å²) in [5.74, 6) is 0.400. The van der Waals surface area contributed by atoms with Crippen LogP contribution < -0.4 is 10.1 Å². The zero-order valence-electron chi connectivity index (χ0n) is 18.3. The molecule has 2 rings (SSSR count). The van der Waals surface area contributed by atoms with Crippen molar-refractivity contribution >= 4 is 17.5 Å². The second kappa shape index (κ2) is 9.59. The first-order valence-electron chi connectivity index (χ1n) is 10.1. The Labute approximate surface area is 174 Å². The lowest BCUT2D eigenvalue weighted by atomic mass is 9.87. The fraction of sp³-hybridized carbons (Fsp3) is 0.417. The molecule has 0 heterocycles. The van der Waals surface area contributed by atoms with E-state index in [9.17, 15) is 9.59 Å². The maximum Gasteiger partial charge on any atom is 0.265 e. The molecule has 0 saturated heterocycles. The van der Waals surface area contributed by atoms with Crippen molar-refractivity contribution in [2.75, 3.05) is 18.4 Å². The highest BCUT2D eigenvalue weighted by Gasteiger charge is 2.17. The molecule has 1 atom stereocenters. The smallest absolute Gasteiger partial charge is 0.265 e. The Hall–Kier alpha value is -2.82. The van der Waals surface area contributed by atoms with Crippen LogP contribution in [0.2, 0.25) is 0 Å². The van der Waals surface area contributed by atoms with Gasteiger partial charge in [-0.1, -0.05) is 32.9 Å². The van der Waals surface area contributed by atoms with E-state index in [2.05, 4.69) is 26.1 Å². The van der Waals surface area contributed by atoms with Crippen molar-refractivity contribution in [3.05, 3.63) is 59.7 Å². The van der Waals surface area contributed by atoms with Crippen LogP contribution in [0.15, 0.2) is 48.5 Å². The molecule has 5 heteroatoms. The molecule has 1 N–H and O–H groups in total. The van der Waals surface area contributed by atoms with Crippen LogP contribution in [-0.4, -0.2) is 35.9 Å². The number of ether oxygens (including phenoxy) is 1. The topological polar surface area (TPSA) is 58.6 Å². The molecule has 0 aliphatic rings. The minimum absolute atomic E-state index is 0.0109. The SMILES string of the molecule is CCN(CC)C(=O)c1ccc(NC(=O)[C@H](C)Oc2ccc(C(C)(C)C)cc2)cc1. The van der Waals surface area contributed by atoms with E-state index in [1.165, 1.54) is 5.56 Å². The molecule has 0 spiro atoms. The van der Waals surface area contributed by atoms with E-state index in [0.29, 0.717) is 30.1 Å². The van der Waals surface area contributed by atoms with E-state index >= 15 is 0 Å². The first kappa shape index (κ1) is 22.5. The average Bonchev–Trinajstić information content (AvgIpc) is 2.69. The zero-order chi connectivity index (χ0) is 21.6. The fourth-order valence-corrected chi connectivity index (χ4v) is 2.92. The molecule has 5 nitrogen and oxygen atoms in total. The van der Waals surface area contributed by atoms with Crippen molar-refractivity contribution in [2.24, 2.45) is 0 Å². The maximum atomic E-state index is 12.5. The molecule has 0 saturated carbocycles. The molecule has 0 aliphatic carbocycles. The number of hydrogen-bond donors (Lipinski definition) is 1. The number of benzene rings is 2. The molecule has 29 heavy (non-hydrogen) atoms. The summed E-state index contributed by atoms with van der Waals surface area (Å²) in [5, 5.41) is 2.83. The van der Waals surface area contributed by atoms with E-state index in [4.69, 9.17) is 4.74 Å². The number of anilines is 1. The van der Waals surface area contributed by atoms with Crippen LogP contribution in [-0.2, 0) is 10.2 Å². The highest BCUT2D eigenvalue weighted by Crippen LogP contribution is 2.24. The molecule has 2 amide bonds. The van der Waals surface area contributed by atoms with Crippen LogP contribution in [0.25, 0.3) is 0 Å². The Kier molecular flexibility index (Phi) is 7.43. The van der Waals surface area contributed by atoms with Gasteiger partial charge in [0, 0.05) is 24.3 Å². The van der Waals surface area contributed by atoms with Gasteiger partial charge in [-0.15, -0.1) is 0 Å². The first-order chi connectivity index (χ1) is 13.7. The van der Waals surface area contributed by atoms with Crippen LogP contribution in [0.3, 0.4) is 0 Å². The van der Waals surface area contributed by atoms with Crippen molar-refractivity contribution < 1.29 is 14.3 Å². The molecule has 2 aromatic carbocycles. The van der Waals surface area contributed by atoms with Crippen molar-refractivity contribution in [3.8, 4) is 5.75 Å². The van der Waals surface area contributed by atoms with Crippen molar-refractivity contribution in [2.45, 2.75) is 53.1 Å². The molecule has 0 unspecified atom stereocenters. The van der Waals surface area contributed by atoms with Gasteiger partial charge < -0.3 is 15.0 Å². The zero-order valence-corrected chi connectivity index (χ0v) is 18.3. The number of nitrogens with one attached hydrogen (secondary N) is 1. The second-order valence-electron chi connectivity index (χ2n) is 8.08. The van der Waals surface area contributed by atoms with Crippen LogP contribution in [0.1, 0.15) is 57.5 Å². The van der Waals surface area contributed by atoms with Gasteiger partial charge in [-0.05, 0) is 68.1 Å². The molecule has 0 bridgehead atoms. The van der Waals surface area contributed by atoms with Gasteiger partial charge in [-0.3, -0.25) is 9.59 Å². The van der Waals surface area contributed by atoms with Crippen molar-refractivity contribution in [3.63, 3.8) is 0 Å². The van der Waals surface area contributed by atoms with E-state index in [1.54, 1.807) is 36.1 Å². The van der Waals surface area contributed by atoms with Crippen LogP contribution in [0, 0.1) is 0 Å². The molecule has 2 aromatic rings. The standard InChI is InChI=1S/C24H32N2O3/c1-7-26(8-2)23(28)18-9-13-20(14-10-18)25-22(27)17(3)29-21-15-11-19(12-16-21)24(4,5)6/h9-17H,7-8H2,1-6H3,(H,25,27)/t17-/m0/s1. The predicted octanol–water partition coefficient (Wildman–Crippen LogP) is 4.87. The number of carbonyl (C=O) groups excluding carboxylic acids is 2. The number of amides is 2. The Bertz CT molecular complexity index is 817. The minimum Gasteiger partial charge on any atom is -0.481 e. The third-order valence-corrected chi connectivity index (χ3v) is 4.85. The van der Waals surface area contributed by atoms with E-state index in [-0.39, 0.29) is 17.2 Å². The van der Waals surface area contributed by atoms with Gasteiger partial charge in [0.1, 0.15) is 5.75 Å². The number of rotatable bonds is 7. The summed E-state index contributed by atoms with van der Waals surface area (Å²) in [6.45, 7) is 13.4. The third-order valence-electron chi connectivity index (χ3n) is 4.85. The number of hydrogen-bond acceptors (Lipinski definition) is 3. The summed E-state index contributed by atoms with van der Waals surface area (Å²) in [6.07, 6.45) is -0.646. The Morgan fingerprint density at radius 2 is 1.52 bits per heavy atom. The lowest BCUT2D eigenvalue weighted by Crippen LogP contribution is -2.31. The van der Waals surface area contributed by atoms with Crippen LogP contribution in [0.4, 0.5) is 5.69 Å². The Balaban J connectivity index is 1.96. The van der Waals surface area contributed by atoms with Crippen molar-refractivity contribution in [1.29, 1.82) is 0 Å². The molecule has 0 radical (unpaired) electrons. The molecule has 0 aliphatic heterocycles. The summed E-state index contributed by atoms with van der Waals surface area (Å²) in [5.41, 5.74) is 2.52. The highest BCUT2D eigenvalue weighted by atomic mass is 16.5. The summed E-state index contributed by atoms with van der Waals surface area (Å²) >= 11 is 0. The van der Waals surface area contributed by atoms with Crippen molar-refractivity contribution in [1.82, 2.24) is 4.90 Å². The van der Waals surface area contributed by atoms with Gasteiger partial charge in [-0.2, -0.15) is 0 Å². The van der Waals surface area contributed by atoms with Gasteiger partial charge in [0.25, 0.3) is 11.8 Å². The first-order valence-corrected chi connectivity index (χ1v) is 10.1. The summed E-state index contributed by atoms with van der Waals surface area (Å²) in [6, 6.07) is 14.7. The Morgan fingerprint density at radius 1 is 0.966 bits per heavy atom. The quantitative estimate of drug-likeness (QED) is 0.726. The molecule has 0 fully saturated rings. The van der Waals surface area contributed by atoms with E-state index in [1.807, 2.05) is 38.1 Å². The highest BCUT2D eigenvalue weighted by molar-refractivity contribution is 5.96. The number of carbonyl (C=O) groups is 2. The average molecular weight is 397 g/mol. The molecule has 0 aromatic heterocycles. The monoisotopic (exact) mass is 396 g/mol. The van der Waals surface area contributed by atoms with E-state index < -0.39 is 6.10 Å². The predicted molar refractivity (Wildman–Crippen MR) is 118 cm³/mol. The summed E-state index contributed by atoms with van der Waals surface area (Å²) in [4.78, 5) is 26.6. The summed E-state index contributed by atoms with van der Waals surface area (Å²) in [7, 11) is 0. The van der Waals surface area contributed by atoms with Crippen LogP contribution in [0.5, 0.6) is 5.75 Å². The second-order valence-corrected chi connectivity index (χ2v) is 8.08. The molecular formula is C24H32N2O3. The molecular weight excluding hydrogens is 364 g/mol. The summed E-state index contributed by atoms with van der Waals surface area (Å²) < 4.78 is 5.77. The maximum absolute atomic E-state index is 12.5. The number of nitrogens with zero attached hydrogens (tertiary/aromatic N) is 1. The van der Waals surface area contributed by atoms with E-state index in [0.717, 1.165) is 0 Å². The lowest BCUT2D eigenvalue weighted by Gasteiger charge is -2.20. The third kappa shape index (κ3) is 6.08. The van der Waals surface area contributed by atoms with Gasteiger partial charge in [0.05, 0.1) is 0 Å². The normalized spacial score (nSPS) is 12.2. The van der Waals surface area contributed by atoms with Gasteiger partial charge in [0.15, 0.2) is 6.10 Å². The van der Waals surface area contributed by atoms with Crippen LogP contribution >= 0.6 is 0 Å². The fourth-order valence-electron chi connectivity index (χ4n) is 2.92. The largest absolute Gasteiger partial charge is 0.481 e. The van der Waals surface area contributed by atoms with Gasteiger partial charge in [-0.25, -0.2) is 0 Å². The van der Waals surface area contributed by atoms with Gasteiger partial charge in [0.2, 0.25) is 0 Å². The minimum atomic E-state index is -0.646. The van der Waals surface area contributed by atoms with Gasteiger partial charge >= 0.3 is 0 Å². The molecule has 156 valence electrons. The lowest BCUT2D eigenvalue weighted by molar-refractivity contribution is -0.122. The Morgan fingerprint density at radius 3 is 2.00 bits per heavy atom.